The Balaban J connectivity index is 2.21. The van der Waals surface area contributed by atoms with E-state index in [0.717, 1.165) is 22.0 Å². The Morgan fingerprint density at radius 2 is 1.95 bits per heavy atom. The Kier molecular flexibility index (Phi) is 5.10. The molecule has 0 aliphatic rings. The summed E-state index contributed by atoms with van der Waals surface area (Å²) >= 11 is 1.73. The van der Waals surface area contributed by atoms with Crippen molar-refractivity contribution in [3.8, 4) is 5.75 Å². The maximum Gasteiger partial charge on any atom is 0.125 e. The highest BCUT2D eigenvalue weighted by Gasteiger charge is 2.14. The summed E-state index contributed by atoms with van der Waals surface area (Å²) < 4.78 is 5.35. The van der Waals surface area contributed by atoms with E-state index in [9.17, 15) is 5.11 Å². The van der Waals surface area contributed by atoms with Crippen LogP contribution >= 0.6 is 11.8 Å². The number of benzene rings is 2. The summed E-state index contributed by atoms with van der Waals surface area (Å²) in [7, 11) is 1.64. The predicted octanol–water partition coefficient (Wildman–Crippen LogP) is 4.35. The molecular formula is C17H20O2S. The van der Waals surface area contributed by atoms with E-state index < -0.39 is 6.10 Å². The summed E-state index contributed by atoms with van der Waals surface area (Å²) in [5.74, 6) is 1.63. The summed E-state index contributed by atoms with van der Waals surface area (Å²) in [6.45, 7) is 3.87. The van der Waals surface area contributed by atoms with Gasteiger partial charge in [-0.15, -0.1) is 11.8 Å². The molecule has 106 valence electrons. The first-order valence-electron chi connectivity index (χ1n) is 6.65. The van der Waals surface area contributed by atoms with Crippen molar-refractivity contribution >= 4 is 11.8 Å². The first kappa shape index (κ1) is 14.9. The lowest BCUT2D eigenvalue weighted by molar-refractivity contribution is 0.191. The van der Waals surface area contributed by atoms with E-state index in [1.807, 2.05) is 18.2 Å². The van der Waals surface area contributed by atoms with Crippen molar-refractivity contribution in [2.75, 3.05) is 7.11 Å². The molecule has 1 unspecified atom stereocenters. The van der Waals surface area contributed by atoms with E-state index >= 15 is 0 Å². The van der Waals surface area contributed by atoms with Crippen molar-refractivity contribution in [3.63, 3.8) is 0 Å². The smallest absolute Gasteiger partial charge is 0.125 e. The van der Waals surface area contributed by atoms with Crippen LogP contribution < -0.4 is 4.74 Å². The van der Waals surface area contributed by atoms with Gasteiger partial charge < -0.3 is 9.84 Å². The molecule has 20 heavy (non-hydrogen) atoms. The largest absolute Gasteiger partial charge is 0.496 e. The van der Waals surface area contributed by atoms with Crippen molar-refractivity contribution in [1.82, 2.24) is 0 Å². The molecule has 0 bridgehead atoms. The number of rotatable bonds is 5. The molecule has 1 N–H and O–H groups in total. The maximum atomic E-state index is 9.96. The van der Waals surface area contributed by atoms with E-state index in [1.165, 1.54) is 11.1 Å². The Labute approximate surface area is 124 Å². The van der Waals surface area contributed by atoms with E-state index in [4.69, 9.17) is 4.74 Å². The minimum Gasteiger partial charge on any atom is -0.496 e. The molecule has 0 aliphatic heterocycles. The molecule has 1 atom stereocenters. The first-order chi connectivity index (χ1) is 9.61. The van der Waals surface area contributed by atoms with E-state index in [0.29, 0.717) is 0 Å². The molecule has 0 aliphatic carbocycles. The lowest BCUT2D eigenvalue weighted by Crippen LogP contribution is -1.99. The van der Waals surface area contributed by atoms with Gasteiger partial charge in [0.2, 0.25) is 0 Å². The van der Waals surface area contributed by atoms with Gasteiger partial charge in [-0.1, -0.05) is 35.9 Å². The number of aryl methyl sites for hydroxylation is 1. The van der Waals surface area contributed by atoms with E-state index in [2.05, 4.69) is 31.2 Å². The number of hydrogen-bond acceptors (Lipinski definition) is 3. The molecule has 2 rings (SSSR count). The lowest BCUT2D eigenvalue weighted by Gasteiger charge is -2.15. The van der Waals surface area contributed by atoms with Crippen LogP contribution in [0.1, 0.15) is 29.7 Å². The predicted molar refractivity (Wildman–Crippen MR) is 84.4 cm³/mol. The fourth-order valence-electron chi connectivity index (χ4n) is 2.20. The zero-order chi connectivity index (χ0) is 14.5. The third-order valence-electron chi connectivity index (χ3n) is 3.14. The average Bonchev–Trinajstić information content (AvgIpc) is 2.44. The fraction of sp³-hybridized carbons (Fsp3) is 0.294. The second kappa shape index (κ2) is 6.82. The SMILES string of the molecule is COc1cccc(SCc2cccc(C)c2)c1C(C)O. The normalized spacial score (nSPS) is 12.2. The summed E-state index contributed by atoms with van der Waals surface area (Å²) in [6.07, 6.45) is -0.536. The molecule has 0 heterocycles. The fourth-order valence-corrected chi connectivity index (χ4v) is 3.31. The van der Waals surface area contributed by atoms with Crippen LogP contribution in [0.3, 0.4) is 0 Å². The van der Waals surface area contributed by atoms with Crippen molar-refractivity contribution in [2.45, 2.75) is 30.6 Å². The van der Waals surface area contributed by atoms with Gasteiger partial charge in [-0.2, -0.15) is 0 Å². The molecule has 2 nitrogen and oxygen atoms in total. The lowest BCUT2D eigenvalue weighted by atomic mass is 10.1. The monoisotopic (exact) mass is 288 g/mol. The molecule has 3 heteroatoms. The summed E-state index contributed by atoms with van der Waals surface area (Å²) in [5, 5.41) is 9.96. The molecular weight excluding hydrogens is 268 g/mol. The molecule has 0 saturated carbocycles. The molecule has 0 spiro atoms. The second-order valence-corrected chi connectivity index (χ2v) is 5.84. The van der Waals surface area contributed by atoms with Crippen molar-refractivity contribution < 1.29 is 9.84 Å². The quantitative estimate of drug-likeness (QED) is 0.829. The molecule has 2 aromatic rings. The van der Waals surface area contributed by atoms with Crippen molar-refractivity contribution in [3.05, 3.63) is 59.2 Å². The van der Waals surface area contributed by atoms with Crippen LogP contribution in [-0.2, 0) is 5.75 Å². The number of ether oxygens (including phenoxy) is 1. The minimum atomic E-state index is -0.536. The van der Waals surface area contributed by atoms with Gasteiger partial charge in [0.25, 0.3) is 0 Å². The Hall–Kier alpha value is -1.45. The zero-order valence-electron chi connectivity index (χ0n) is 12.1. The van der Waals surface area contributed by atoms with Gasteiger partial charge >= 0.3 is 0 Å². The summed E-state index contributed by atoms with van der Waals surface area (Å²) in [5.41, 5.74) is 3.42. The number of aliphatic hydroxyl groups excluding tert-OH is 1. The third kappa shape index (κ3) is 3.56. The minimum absolute atomic E-state index is 0.536. The topological polar surface area (TPSA) is 29.5 Å². The standard InChI is InChI=1S/C17H20O2S/c1-12-6-4-7-14(10-12)11-20-16-9-5-8-15(19-3)17(16)13(2)18/h4-10,13,18H,11H2,1-3H3. The van der Waals surface area contributed by atoms with Gasteiger partial charge in [0.1, 0.15) is 5.75 Å². The third-order valence-corrected chi connectivity index (χ3v) is 4.29. The Morgan fingerprint density at radius 1 is 1.20 bits per heavy atom. The highest BCUT2D eigenvalue weighted by atomic mass is 32.2. The van der Waals surface area contributed by atoms with Crippen molar-refractivity contribution in [2.24, 2.45) is 0 Å². The highest BCUT2D eigenvalue weighted by molar-refractivity contribution is 7.98. The number of hydrogen-bond donors (Lipinski definition) is 1. The van der Waals surface area contributed by atoms with Gasteiger partial charge in [0.15, 0.2) is 0 Å². The summed E-state index contributed by atoms with van der Waals surface area (Å²) in [6, 6.07) is 14.4. The van der Waals surface area contributed by atoms with Crippen LogP contribution in [0.15, 0.2) is 47.4 Å². The zero-order valence-corrected chi connectivity index (χ0v) is 12.9. The average molecular weight is 288 g/mol. The number of methoxy groups -OCH3 is 1. The number of thioether (sulfide) groups is 1. The molecule has 0 amide bonds. The van der Waals surface area contributed by atoms with Gasteiger partial charge in [-0.25, -0.2) is 0 Å². The maximum absolute atomic E-state index is 9.96. The van der Waals surface area contributed by atoms with Crippen LogP contribution in [0.5, 0.6) is 5.75 Å². The van der Waals surface area contributed by atoms with Crippen LogP contribution in [-0.4, -0.2) is 12.2 Å². The summed E-state index contributed by atoms with van der Waals surface area (Å²) in [4.78, 5) is 1.07. The van der Waals surface area contributed by atoms with Crippen LogP contribution in [0.4, 0.5) is 0 Å². The first-order valence-corrected chi connectivity index (χ1v) is 7.63. The van der Waals surface area contributed by atoms with E-state index in [1.54, 1.807) is 25.8 Å². The van der Waals surface area contributed by atoms with E-state index in [-0.39, 0.29) is 0 Å². The molecule has 0 fully saturated rings. The molecule has 0 radical (unpaired) electrons. The molecule has 0 aromatic heterocycles. The molecule has 2 aromatic carbocycles. The van der Waals surface area contributed by atoms with Gasteiger partial charge in [-0.3, -0.25) is 0 Å². The molecule has 0 saturated heterocycles. The highest BCUT2D eigenvalue weighted by Crippen LogP contribution is 2.36. The Bertz CT molecular complexity index is 579. The van der Waals surface area contributed by atoms with Crippen LogP contribution in [0.2, 0.25) is 0 Å². The van der Waals surface area contributed by atoms with Crippen LogP contribution in [0, 0.1) is 6.92 Å². The Morgan fingerprint density at radius 3 is 2.60 bits per heavy atom. The van der Waals surface area contributed by atoms with Gasteiger partial charge in [-0.05, 0) is 31.5 Å². The van der Waals surface area contributed by atoms with Gasteiger partial charge in [0, 0.05) is 16.2 Å². The number of aliphatic hydroxyl groups is 1. The van der Waals surface area contributed by atoms with Crippen molar-refractivity contribution in [1.29, 1.82) is 0 Å². The van der Waals surface area contributed by atoms with Gasteiger partial charge in [0.05, 0.1) is 13.2 Å². The second-order valence-electron chi connectivity index (χ2n) is 4.83. The van der Waals surface area contributed by atoms with Crippen LogP contribution in [0.25, 0.3) is 0 Å².